The van der Waals surface area contributed by atoms with Crippen molar-refractivity contribution in [2.75, 3.05) is 13.6 Å². The molecular weight excluding hydrogens is 242 g/mol. The number of para-hydroxylation sites is 2. The fraction of sp³-hybridized carbons (Fsp3) is 0.273. The zero-order valence-corrected chi connectivity index (χ0v) is 10.1. The van der Waals surface area contributed by atoms with Gasteiger partial charge in [-0.2, -0.15) is 0 Å². The van der Waals surface area contributed by atoms with Crippen LogP contribution in [0.5, 0.6) is 0 Å². The number of benzene rings is 1. The lowest BCUT2D eigenvalue weighted by Crippen LogP contribution is -3.00. The molecule has 17 heavy (non-hydrogen) atoms. The van der Waals surface area contributed by atoms with E-state index < -0.39 is 5.97 Å². The Labute approximate surface area is 105 Å². The van der Waals surface area contributed by atoms with Crippen LogP contribution in [0, 0.1) is 0 Å². The van der Waals surface area contributed by atoms with Crippen molar-refractivity contribution in [1.82, 2.24) is 14.9 Å². The number of hydrogen-bond acceptors (Lipinski definition) is 3. The number of imidazole rings is 1. The van der Waals surface area contributed by atoms with Crippen LogP contribution >= 0.6 is 0 Å². The molecule has 0 spiro atoms. The predicted molar refractivity (Wildman–Crippen MR) is 60.1 cm³/mol. The molecule has 92 valence electrons. The van der Waals surface area contributed by atoms with E-state index >= 15 is 0 Å². The lowest BCUT2D eigenvalue weighted by Gasteiger charge is -2.11. The lowest BCUT2D eigenvalue weighted by molar-refractivity contribution is -0.138. The quantitative estimate of drug-likeness (QED) is 0.668. The second-order valence-electron chi connectivity index (χ2n) is 3.77. The second-order valence-corrected chi connectivity index (χ2v) is 3.77. The Kier molecular flexibility index (Phi) is 4.48. The molecule has 0 unspecified atom stereocenters. The van der Waals surface area contributed by atoms with Crippen LogP contribution in [0.2, 0.25) is 0 Å². The van der Waals surface area contributed by atoms with Gasteiger partial charge in [0.05, 0.1) is 24.1 Å². The summed E-state index contributed by atoms with van der Waals surface area (Å²) in [5.41, 5.74) is 1.88. The number of rotatable bonds is 4. The molecule has 1 heterocycles. The smallest absolute Gasteiger partial charge is 0.317 e. The molecule has 6 heteroatoms. The largest absolute Gasteiger partial charge is 1.00 e. The van der Waals surface area contributed by atoms with Gasteiger partial charge in [-0.3, -0.25) is 9.69 Å². The minimum Gasteiger partial charge on any atom is -1.00 e. The van der Waals surface area contributed by atoms with Gasteiger partial charge in [0, 0.05) is 0 Å². The van der Waals surface area contributed by atoms with Gasteiger partial charge < -0.3 is 22.5 Å². The Morgan fingerprint density at radius 3 is 2.82 bits per heavy atom. The molecule has 1 aromatic carbocycles. The topological polar surface area (TPSA) is 69.2 Å². The van der Waals surface area contributed by atoms with E-state index in [0.29, 0.717) is 6.54 Å². The summed E-state index contributed by atoms with van der Waals surface area (Å²) in [6.45, 7) is 0.512. The summed E-state index contributed by atoms with van der Waals surface area (Å²) in [4.78, 5) is 19.7. The molecule has 0 saturated heterocycles. The lowest BCUT2D eigenvalue weighted by atomic mass is 10.3. The number of aliphatic carboxylic acids is 1. The number of carboxylic acid groups (broad SMARTS) is 1. The minimum absolute atomic E-state index is 0. The first-order chi connectivity index (χ1) is 7.65. The normalized spacial score (nSPS) is 10.5. The third kappa shape index (κ3) is 3.44. The number of fused-ring (bicyclic) bond motifs is 1. The van der Waals surface area contributed by atoms with Crippen molar-refractivity contribution in [3.63, 3.8) is 0 Å². The summed E-state index contributed by atoms with van der Waals surface area (Å²) in [5, 5.41) is 8.63. The monoisotopic (exact) mass is 254 g/mol. The highest BCUT2D eigenvalue weighted by molar-refractivity contribution is 5.74. The van der Waals surface area contributed by atoms with Crippen LogP contribution in [0.4, 0.5) is 0 Å². The van der Waals surface area contributed by atoms with Crippen LogP contribution in [0.25, 0.3) is 11.0 Å². The number of likely N-dealkylation sites (N-methyl/N-ethyl adjacent to an activating group) is 1. The second kappa shape index (κ2) is 5.65. The molecule has 0 amide bonds. The van der Waals surface area contributed by atoms with Crippen molar-refractivity contribution in [2.24, 2.45) is 0 Å². The highest BCUT2D eigenvalue weighted by atomic mass is 35.5. The van der Waals surface area contributed by atoms with Gasteiger partial charge in [-0.05, 0) is 19.2 Å². The van der Waals surface area contributed by atoms with E-state index in [2.05, 4.69) is 9.97 Å². The van der Waals surface area contributed by atoms with Gasteiger partial charge >= 0.3 is 5.97 Å². The van der Waals surface area contributed by atoms with Gasteiger partial charge in [0.15, 0.2) is 0 Å². The Morgan fingerprint density at radius 1 is 1.47 bits per heavy atom. The Morgan fingerprint density at radius 2 is 2.18 bits per heavy atom. The molecule has 0 aliphatic heterocycles. The van der Waals surface area contributed by atoms with Gasteiger partial charge in [0.1, 0.15) is 5.82 Å². The summed E-state index contributed by atoms with van der Waals surface area (Å²) in [5.74, 6) is -0.0523. The number of hydrogen-bond donors (Lipinski definition) is 2. The zero-order valence-electron chi connectivity index (χ0n) is 9.35. The first-order valence-electron chi connectivity index (χ1n) is 4.99. The van der Waals surface area contributed by atoms with Crippen molar-refractivity contribution in [3.05, 3.63) is 30.1 Å². The van der Waals surface area contributed by atoms with Crippen LogP contribution in [-0.2, 0) is 11.3 Å². The maximum absolute atomic E-state index is 10.5. The third-order valence-electron chi connectivity index (χ3n) is 2.26. The summed E-state index contributed by atoms with van der Waals surface area (Å²) in [6.07, 6.45) is 0. The number of carboxylic acids is 1. The fourth-order valence-electron chi connectivity index (χ4n) is 1.62. The number of halogens is 1. The molecule has 0 bridgehead atoms. The van der Waals surface area contributed by atoms with E-state index in [-0.39, 0.29) is 19.0 Å². The Hall–Kier alpha value is -1.59. The van der Waals surface area contributed by atoms with Gasteiger partial charge in [-0.25, -0.2) is 4.98 Å². The van der Waals surface area contributed by atoms with Crippen LogP contribution in [0.3, 0.4) is 0 Å². The zero-order chi connectivity index (χ0) is 11.5. The Balaban J connectivity index is 0.00000144. The van der Waals surface area contributed by atoms with E-state index in [1.807, 2.05) is 24.3 Å². The molecule has 2 rings (SSSR count). The SMILES string of the molecule is CN(CC(=O)O)Cc1nc2ccccc2[nH]1.[Cl-]. The fourth-order valence-corrected chi connectivity index (χ4v) is 1.62. The standard InChI is InChI=1S/C11H13N3O2.ClH/c1-14(7-11(15)16)6-10-12-8-4-2-3-5-9(8)13-10;/h2-5H,6-7H2,1H3,(H,12,13)(H,15,16);1H/p-1. The Bertz CT molecular complexity index is 479. The van der Waals surface area contributed by atoms with Crippen LogP contribution in [0.15, 0.2) is 24.3 Å². The molecule has 0 aliphatic rings. The number of H-pyrrole nitrogens is 1. The maximum Gasteiger partial charge on any atom is 0.317 e. The van der Waals surface area contributed by atoms with Crippen LogP contribution < -0.4 is 12.4 Å². The molecule has 0 saturated carbocycles. The molecule has 2 N–H and O–H groups in total. The molecule has 0 atom stereocenters. The molecule has 0 fully saturated rings. The maximum atomic E-state index is 10.5. The highest BCUT2D eigenvalue weighted by Crippen LogP contribution is 2.10. The van der Waals surface area contributed by atoms with E-state index in [4.69, 9.17) is 5.11 Å². The molecule has 2 aromatic rings. The molecule has 0 aliphatic carbocycles. The average molecular weight is 255 g/mol. The van der Waals surface area contributed by atoms with Gasteiger partial charge in [0.25, 0.3) is 0 Å². The van der Waals surface area contributed by atoms with E-state index in [9.17, 15) is 4.79 Å². The first kappa shape index (κ1) is 13.5. The van der Waals surface area contributed by atoms with Crippen molar-refractivity contribution >= 4 is 17.0 Å². The van der Waals surface area contributed by atoms with Crippen molar-refractivity contribution in [3.8, 4) is 0 Å². The predicted octanol–water partition coefficient (Wildman–Crippen LogP) is -1.92. The summed E-state index contributed by atoms with van der Waals surface area (Å²) < 4.78 is 0. The summed E-state index contributed by atoms with van der Waals surface area (Å²) in [7, 11) is 1.75. The number of carbonyl (C=O) groups is 1. The van der Waals surface area contributed by atoms with Gasteiger partial charge in [-0.15, -0.1) is 0 Å². The van der Waals surface area contributed by atoms with Gasteiger partial charge in [0.2, 0.25) is 0 Å². The van der Waals surface area contributed by atoms with Crippen LogP contribution in [-0.4, -0.2) is 39.5 Å². The minimum atomic E-state index is -0.835. The van der Waals surface area contributed by atoms with Crippen LogP contribution in [0.1, 0.15) is 5.82 Å². The number of nitrogens with zero attached hydrogens (tertiary/aromatic N) is 2. The summed E-state index contributed by atoms with van der Waals surface area (Å²) in [6, 6.07) is 7.73. The molecule has 5 nitrogen and oxygen atoms in total. The third-order valence-corrected chi connectivity index (χ3v) is 2.26. The van der Waals surface area contributed by atoms with E-state index in [1.165, 1.54) is 0 Å². The van der Waals surface area contributed by atoms with Crippen molar-refractivity contribution in [1.29, 1.82) is 0 Å². The highest BCUT2D eigenvalue weighted by Gasteiger charge is 2.08. The molecular formula is C11H13ClN3O2-. The molecule has 0 radical (unpaired) electrons. The first-order valence-corrected chi connectivity index (χ1v) is 4.99. The number of aromatic nitrogens is 2. The number of aromatic amines is 1. The van der Waals surface area contributed by atoms with Gasteiger partial charge in [-0.1, -0.05) is 12.1 Å². The number of nitrogens with one attached hydrogen (secondary N) is 1. The summed E-state index contributed by atoms with van der Waals surface area (Å²) >= 11 is 0. The van der Waals surface area contributed by atoms with E-state index in [0.717, 1.165) is 16.9 Å². The average Bonchev–Trinajstić information content (AvgIpc) is 2.57. The van der Waals surface area contributed by atoms with Crippen molar-refractivity contribution < 1.29 is 22.3 Å². The van der Waals surface area contributed by atoms with Crippen molar-refractivity contribution in [2.45, 2.75) is 6.54 Å². The molecule has 1 aromatic heterocycles. The van der Waals surface area contributed by atoms with E-state index in [1.54, 1.807) is 11.9 Å².